The third-order valence-electron chi connectivity index (χ3n) is 3.02. The molecule has 0 aliphatic rings. The summed E-state index contributed by atoms with van der Waals surface area (Å²) in [6.45, 7) is 0. The smallest absolute Gasteiger partial charge is 0.337 e. The van der Waals surface area contributed by atoms with E-state index in [-0.39, 0.29) is 5.56 Å². The number of aromatic nitrogens is 1. The van der Waals surface area contributed by atoms with Crippen LogP contribution >= 0.6 is 27.7 Å². The number of pyridine rings is 1. The van der Waals surface area contributed by atoms with Crippen LogP contribution in [-0.2, 0) is 0 Å². The number of nitrogens with zero attached hydrogens (tertiary/aromatic N) is 1. The first kappa shape index (κ1) is 14.1. The molecule has 1 aromatic heterocycles. The van der Waals surface area contributed by atoms with Gasteiger partial charge in [-0.05, 0) is 24.3 Å². The maximum Gasteiger partial charge on any atom is 0.337 e. The lowest BCUT2D eigenvalue weighted by molar-refractivity contribution is 0.0698. The lowest BCUT2D eigenvalue weighted by atomic mass is 10.1. The Labute approximate surface area is 134 Å². The van der Waals surface area contributed by atoms with Crippen LogP contribution in [0.15, 0.2) is 69.1 Å². The molecule has 0 aliphatic carbocycles. The molecule has 0 amide bonds. The van der Waals surface area contributed by atoms with E-state index in [9.17, 15) is 9.90 Å². The third kappa shape index (κ3) is 2.94. The Balaban J connectivity index is 2.09. The van der Waals surface area contributed by atoms with Gasteiger partial charge in [-0.25, -0.2) is 9.78 Å². The van der Waals surface area contributed by atoms with E-state index in [1.165, 1.54) is 18.0 Å². The Kier molecular flexibility index (Phi) is 3.94. The van der Waals surface area contributed by atoms with Gasteiger partial charge < -0.3 is 5.11 Å². The summed E-state index contributed by atoms with van der Waals surface area (Å²) in [7, 11) is 0. The number of carboxylic acid groups (broad SMARTS) is 1. The number of carbonyl (C=O) groups is 1. The lowest BCUT2D eigenvalue weighted by Gasteiger charge is -2.08. The molecule has 0 radical (unpaired) electrons. The van der Waals surface area contributed by atoms with E-state index in [1.807, 2.05) is 48.5 Å². The fourth-order valence-electron chi connectivity index (χ4n) is 2.03. The number of aromatic carboxylic acids is 1. The third-order valence-corrected chi connectivity index (χ3v) is 4.57. The average Bonchev–Trinajstić information content (AvgIpc) is 2.49. The molecule has 21 heavy (non-hydrogen) atoms. The van der Waals surface area contributed by atoms with Crippen LogP contribution in [0, 0.1) is 0 Å². The largest absolute Gasteiger partial charge is 0.478 e. The van der Waals surface area contributed by atoms with E-state index >= 15 is 0 Å². The summed E-state index contributed by atoms with van der Waals surface area (Å²) in [6.07, 6.45) is 1.42. The standard InChI is InChI=1S/C16H10BrNO2S/c17-10-5-7-11(8-6-10)21-15-13-4-2-1-3-12(13)14(9-18-15)16(19)20/h1-9H,(H,19,20). The van der Waals surface area contributed by atoms with Crippen LogP contribution in [0.2, 0.25) is 0 Å². The van der Waals surface area contributed by atoms with Gasteiger partial charge in [-0.3, -0.25) is 0 Å². The first-order valence-electron chi connectivity index (χ1n) is 6.19. The van der Waals surface area contributed by atoms with E-state index < -0.39 is 5.97 Å². The highest BCUT2D eigenvalue weighted by Gasteiger charge is 2.12. The fourth-order valence-corrected chi connectivity index (χ4v) is 3.19. The van der Waals surface area contributed by atoms with Crippen molar-refractivity contribution in [1.29, 1.82) is 0 Å². The SMILES string of the molecule is O=C(O)c1cnc(Sc2ccc(Br)cc2)c2ccccc12. The van der Waals surface area contributed by atoms with Crippen LogP contribution in [0.25, 0.3) is 10.8 Å². The van der Waals surface area contributed by atoms with E-state index in [2.05, 4.69) is 20.9 Å². The van der Waals surface area contributed by atoms with Crippen molar-refractivity contribution in [1.82, 2.24) is 4.98 Å². The summed E-state index contributed by atoms with van der Waals surface area (Å²) >= 11 is 4.93. The molecule has 0 spiro atoms. The number of fused-ring (bicyclic) bond motifs is 1. The Bertz CT molecular complexity index is 818. The number of carboxylic acids is 1. The van der Waals surface area contributed by atoms with Crippen molar-refractivity contribution in [2.24, 2.45) is 0 Å². The number of hydrogen-bond acceptors (Lipinski definition) is 3. The molecule has 3 aromatic rings. The van der Waals surface area contributed by atoms with Gasteiger partial charge in [-0.1, -0.05) is 52.0 Å². The van der Waals surface area contributed by atoms with Crippen molar-refractivity contribution in [3.8, 4) is 0 Å². The number of halogens is 1. The summed E-state index contributed by atoms with van der Waals surface area (Å²) < 4.78 is 1.02. The quantitative estimate of drug-likeness (QED) is 0.726. The molecular formula is C16H10BrNO2S. The zero-order valence-electron chi connectivity index (χ0n) is 10.8. The van der Waals surface area contributed by atoms with Crippen molar-refractivity contribution in [2.45, 2.75) is 9.92 Å². The second-order valence-electron chi connectivity index (χ2n) is 4.38. The second kappa shape index (κ2) is 5.87. The molecule has 0 unspecified atom stereocenters. The van der Waals surface area contributed by atoms with E-state index in [0.29, 0.717) is 5.39 Å². The van der Waals surface area contributed by atoms with Gasteiger partial charge in [0, 0.05) is 26.3 Å². The Morgan fingerprint density at radius 3 is 2.38 bits per heavy atom. The predicted octanol–water partition coefficient (Wildman–Crippen LogP) is 4.85. The van der Waals surface area contributed by atoms with Crippen LogP contribution in [0.3, 0.4) is 0 Å². The summed E-state index contributed by atoms with van der Waals surface area (Å²) in [4.78, 5) is 16.6. The minimum atomic E-state index is -0.959. The lowest BCUT2D eigenvalue weighted by Crippen LogP contribution is -1.99. The van der Waals surface area contributed by atoms with Crippen molar-refractivity contribution < 1.29 is 9.90 Å². The summed E-state index contributed by atoms with van der Waals surface area (Å²) in [5.74, 6) is -0.959. The van der Waals surface area contributed by atoms with Gasteiger partial charge in [0.25, 0.3) is 0 Å². The highest BCUT2D eigenvalue weighted by atomic mass is 79.9. The van der Waals surface area contributed by atoms with Crippen LogP contribution in [0.4, 0.5) is 0 Å². The van der Waals surface area contributed by atoms with Crippen molar-refractivity contribution in [3.63, 3.8) is 0 Å². The first-order valence-corrected chi connectivity index (χ1v) is 7.80. The Morgan fingerprint density at radius 2 is 1.71 bits per heavy atom. The fraction of sp³-hybridized carbons (Fsp3) is 0. The molecular weight excluding hydrogens is 350 g/mol. The predicted molar refractivity (Wildman–Crippen MR) is 87.0 cm³/mol. The van der Waals surface area contributed by atoms with Crippen molar-refractivity contribution in [3.05, 3.63) is 64.8 Å². The maximum atomic E-state index is 11.3. The number of rotatable bonds is 3. The van der Waals surface area contributed by atoms with Gasteiger partial charge in [0.1, 0.15) is 5.03 Å². The zero-order valence-corrected chi connectivity index (χ0v) is 13.2. The molecule has 0 bridgehead atoms. The molecule has 3 nitrogen and oxygen atoms in total. The molecule has 1 N–H and O–H groups in total. The Morgan fingerprint density at radius 1 is 1.05 bits per heavy atom. The average molecular weight is 360 g/mol. The second-order valence-corrected chi connectivity index (χ2v) is 6.36. The van der Waals surface area contributed by atoms with Crippen LogP contribution in [-0.4, -0.2) is 16.1 Å². The molecule has 1 heterocycles. The van der Waals surface area contributed by atoms with Crippen molar-refractivity contribution in [2.75, 3.05) is 0 Å². The van der Waals surface area contributed by atoms with Crippen LogP contribution in [0.1, 0.15) is 10.4 Å². The highest BCUT2D eigenvalue weighted by Crippen LogP contribution is 2.33. The van der Waals surface area contributed by atoms with Crippen LogP contribution < -0.4 is 0 Å². The maximum absolute atomic E-state index is 11.3. The molecule has 0 saturated carbocycles. The summed E-state index contributed by atoms with van der Waals surface area (Å²) in [6, 6.07) is 15.4. The summed E-state index contributed by atoms with van der Waals surface area (Å²) in [5, 5.41) is 11.6. The molecule has 3 rings (SSSR count). The molecule has 0 fully saturated rings. The minimum Gasteiger partial charge on any atom is -0.478 e. The normalized spacial score (nSPS) is 10.7. The number of benzene rings is 2. The molecule has 0 atom stereocenters. The molecule has 104 valence electrons. The van der Waals surface area contributed by atoms with E-state index in [0.717, 1.165) is 19.8 Å². The number of hydrogen-bond donors (Lipinski definition) is 1. The van der Waals surface area contributed by atoms with Crippen LogP contribution in [0.5, 0.6) is 0 Å². The van der Waals surface area contributed by atoms with Gasteiger partial charge in [0.15, 0.2) is 0 Å². The van der Waals surface area contributed by atoms with E-state index in [4.69, 9.17) is 0 Å². The summed E-state index contributed by atoms with van der Waals surface area (Å²) in [5.41, 5.74) is 0.228. The molecule has 0 aliphatic heterocycles. The van der Waals surface area contributed by atoms with Gasteiger partial charge in [0.05, 0.1) is 5.56 Å². The van der Waals surface area contributed by atoms with E-state index in [1.54, 1.807) is 0 Å². The van der Waals surface area contributed by atoms with Gasteiger partial charge in [-0.15, -0.1) is 0 Å². The van der Waals surface area contributed by atoms with Crippen molar-refractivity contribution >= 4 is 44.4 Å². The van der Waals surface area contributed by atoms with Gasteiger partial charge >= 0.3 is 5.97 Å². The molecule has 2 aromatic carbocycles. The van der Waals surface area contributed by atoms with Gasteiger partial charge in [-0.2, -0.15) is 0 Å². The zero-order chi connectivity index (χ0) is 14.8. The van der Waals surface area contributed by atoms with Gasteiger partial charge in [0.2, 0.25) is 0 Å². The minimum absolute atomic E-state index is 0.228. The highest BCUT2D eigenvalue weighted by molar-refractivity contribution is 9.10. The molecule has 5 heteroatoms. The molecule has 0 saturated heterocycles. The monoisotopic (exact) mass is 359 g/mol. The Hall–Kier alpha value is -1.85. The topological polar surface area (TPSA) is 50.2 Å². The first-order chi connectivity index (χ1) is 10.1.